The van der Waals surface area contributed by atoms with Gasteiger partial charge in [0.2, 0.25) is 5.91 Å². The number of rotatable bonds is 10. The normalized spacial score (nSPS) is 20.4. The lowest BCUT2D eigenvalue weighted by Gasteiger charge is -2.34. The summed E-state index contributed by atoms with van der Waals surface area (Å²) in [5.41, 5.74) is 1.43. The molecular weight excluding hydrogens is 640 g/mol. The minimum absolute atomic E-state index is 0.0389. The number of benzene rings is 2. The zero-order valence-electron chi connectivity index (χ0n) is 30.3. The predicted molar refractivity (Wildman–Crippen MR) is 192 cm³/mol. The van der Waals surface area contributed by atoms with E-state index in [1.807, 2.05) is 69.0 Å². The van der Waals surface area contributed by atoms with Gasteiger partial charge in [0, 0.05) is 48.6 Å². The van der Waals surface area contributed by atoms with E-state index in [-0.39, 0.29) is 24.8 Å². The average Bonchev–Trinajstić information content (AvgIpc) is 3.52. The van der Waals surface area contributed by atoms with Crippen LogP contribution in [0.1, 0.15) is 84.9 Å². The van der Waals surface area contributed by atoms with E-state index in [1.54, 1.807) is 31.4 Å². The van der Waals surface area contributed by atoms with Gasteiger partial charge in [-0.2, -0.15) is 4.99 Å². The number of aromatic nitrogens is 1. The van der Waals surface area contributed by atoms with E-state index in [4.69, 9.17) is 14.0 Å². The van der Waals surface area contributed by atoms with Crippen molar-refractivity contribution in [3.05, 3.63) is 65.6 Å². The van der Waals surface area contributed by atoms with E-state index >= 15 is 4.39 Å². The van der Waals surface area contributed by atoms with Crippen molar-refractivity contribution in [2.24, 2.45) is 10.9 Å². The van der Waals surface area contributed by atoms with Crippen LogP contribution in [0.15, 0.2) is 53.5 Å². The third-order valence-electron chi connectivity index (χ3n) is 9.92. The summed E-state index contributed by atoms with van der Waals surface area (Å²) < 4.78 is 34.5. The molecule has 2 unspecified atom stereocenters. The molecule has 50 heavy (non-hydrogen) atoms. The van der Waals surface area contributed by atoms with Crippen molar-refractivity contribution in [1.29, 1.82) is 0 Å². The molecular formula is C38H51BFN3O7. The Kier molecular flexibility index (Phi) is 11.3. The Morgan fingerprint density at radius 2 is 1.80 bits per heavy atom. The highest BCUT2D eigenvalue weighted by atomic mass is 19.1. The number of hydrogen-bond acceptors (Lipinski definition) is 7. The summed E-state index contributed by atoms with van der Waals surface area (Å²) in [4.78, 5) is 32.3. The number of aliphatic hydroxyl groups is 2. The maximum atomic E-state index is 15.0. The van der Waals surface area contributed by atoms with Crippen molar-refractivity contribution in [1.82, 2.24) is 9.47 Å². The van der Waals surface area contributed by atoms with Gasteiger partial charge in [-0.3, -0.25) is 4.79 Å². The molecule has 12 heteroatoms. The summed E-state index contributed by atoms with van der Waals surface area (Å²) >= 11 is 0. The van der Waals surface area contributed by atoms with Crippen LogP contribution in [0.3, 0.4) is 0 Å². The molecule has 2 fully saturated rings. The summed E-state index contributed by atoms with van der Waals surface area (Å²) in [6.45, 7) is 13.9. The topological polar surface area (TPSA) is 123 Å². The molecule has 3 aromatic rings. The molecule has 10 nitrogen and oxygen atoms in total. The highest BCUT2D eigenvalue weighted by molar-refractivity contribution is 6.62. The summed E-state index contributed by atoms with van der Waals surface area (Å²) in [7, 11) is -0.491. The van der Waals surface area contributed by atoms with Crippen LogP contribution in [0.5, 0.6) is 0 Å². The summed E-state index contributed by atoms with van der Waals surface area (Å²) in [6.07, 6.45) is 1.88. The SMILES string of the molecule is CC(C)(C)OC(=O)/N=C/C(CC(=O)N1CCCC(c2cc3cccc(F)c3n2C[C@@H](O)CO)C1)Cc1ccc(B2OC(C)(C)C(C)(C)O2)cc1. The highest BCUT2D eigenvalue weighted by Crippen LogP contribution is 2.37. The van der Waals surface area contributed by atoms with Crippen LogP contribution in [-0.2, 0) is 31.8 Å². The Morgan fingerprint density at radius 1 is 1.12 bits per heavy atom. The van der Waals surface area contributed by atoms with Gasteiger partial charge in [-0.05, 0) is 90.9 Å². The number of aliphatic imine (C=N–C) groups is 1. The predicted octanol–water partition coefficient (Wildman–Crippen LogP) is 5.39. The molecule has 2 aliphatic heterocycles. The van der Waals surface area contributed by atoms with Crippen molar-refractivity contribution in [2.45, 2.75) is 110 Å². The zero-order chi connectivity index (χ0) is 36.4. The second-order valence-corrected chi connectivity index (χ2v) is 15.6. The Bertz CT molecular complexity index is 1680. The van der Waals surface area contributed by atoms with E-state index < -0.39 is 54.5 Å². The number of para-hydroxylation sites is 1. The van der Waals surface area contributed by atoms with Crippen molar-refractivity contribution >= 4 is 41.7 Å². The first-order valence-corrected chi connectivity index (χ1v) is 17.5. The fraction of sp³-hybridized carbons (Fsp3) is 0.553. The number of piperidine rings is 1. The Morgan fingerprint density at radius 3 is 2.44 bits per heavy atom. The van der Waals surface area contributed by atoms with Crippen LogP contribution in [0, 0.1) is 11.7 Å². The van der Waals surface area contributed by atoms with Crippen molar-refractivity contribution in [3.63, 3.8) is 0 Å². The first-order valence-electron chi connectivity index (χ1n) is 17.5. The lowest BCUT2D eigenvalue weighted by molar-refractivity contribution is -0.133. The van der Waals surface area contributed by atoms with Gasteiger partial charge in [-0.15, -0.1) is 0 Å². The third-order valence-corrected chi connectivity index (χ3v) is 9.92. The molecule has 1 aromatic heterocycles. The van der Waals surface area contributed by atoms with E-state index in [2.05, 4.69) is 4.99 Å². The van der Waals surface area contributed by atoms with Gasteiger partial charge < -0.3 is 33.7 Å². The van der Waals surface area contributed by atoms with Crippen LogP contribution in [-0.4, -0.2) is 87.6 Å². The first kappa shape index (κ1) is 37.7. The molecule has 2 aliphatic rings. The van der Waals surface area contributed by atoms with Crippen LogP contribution in [0.25, 0.3) is 10.9 Å². The molecule has 0 bridgehead atoms. The summed E-state index contributed by atoms with van der Waals surface area (Å²) in [5.74, 6) is -0.965. The minimum Gasteiger partial charge on any atom is -0.442 e. The van der Waals surface area contributed by atoms with Crippen molar-refractivity contribution < 1.29 is 38.2 Å². The number of likely N-dealkylation sites (tertiary alicyclic amines) is 1. The number of aliphatic hydroxyl groups excluding tert-OH is 2. The number of nitrogens with zero attached hydrogens (tertiary/aromatic N) is 3. The van der Waals surface area contributed by atoms with Crippen molar-refractivity contribution in [2.75, 3.05) is 19.7 Å². The Labute approximate surface area is 294 Å². The number of halogens is 1. The zero-order valence-corrected chi connectivity index (χ0v) is 30.3. The van der Waals surface area contributed by atoms with E-state index in [0.717, 1.165) is 29.6 Å². The highest BCUT2D eigenvalue weighted by Gasteiger charge is 2.51. The molecule has 0 aliphatic carbocycles. The van der Waals surface area contributed by atoms with E-state index in [0.29, 0.717) is 30.4 Å². The molecule has 0 spiro atoms. The smallest absolute Gasteiger partial charge is 0.442 e. The third kappa shape index (κ3) is 8.83. The van der Waals surface area contributed by atoms with Gasteiger partial charge in [-0.1, -0.05) is 36.4 Å². The lowest BCUT2D eigenvalue weighted by Crippen LogP contribution is -2.41. The van der Waals surface area contributed by atoms with Crippen LogP contribution in [0.2, 0.25) is 0 Å². The van der Waals surface area contributed by atoms with Crippen LogP contribution in [0.4, 0.5) is 9.18 Å². The molecule has 2 N–H and O–H groups in total. The van der Waals surface area contributed by atoms with Crippen LogP contribution < -0.4 is 5.46 Å². The number of hydrogen-bond donors (Lipinski definition) is 2. The van der Waals surface area contributed by atoms with Gasteiger partial charge in [0.05, 0.1) is 36.0 Å². The maximum Gasteiger partial charge on any atom is 0.494 e. The Balaban J connectivity index is 1.33. The van der Waals surface area contributed by atoms with Gasteiger partial charge in [0.1, 0.15) is 11.4 Å². The fourth-order valence-electron chi connectivity index (χ4n) is 6.63. The molecule has 3 atom stereocenters. The molecule has 2 saturated heterocycles. The summed E-state index contributed by atoms with van der Waals surface area (Å²) in [6, 6.07) is 14.7. The molecule has 3 heterocycles. The number of carbonyl (C=O) groups is 2. The fourth-order valence-corrected chi connectivity index (χ4v) is 6.63. The Hall–Kier alpha value is -3.58. The number of amides is 2. The molecule has 5 rings (SSSR count). The second kappa shape index (κ2) is 15.0. The number of carbonyl (C=O) groups excluding carboxylic acids is 2. The first-order chi connectivity index (χ1) is 23.5. The summed E-state index contributed by atoms with van der Waals surface area (Å²) in [5, 5.41) is 20.6. The molecule has 0 saturated carbocycles. The average molecular weight is 692 g/mol. The monoisotopic (exact) mass is 691 g/mol. The van der Waals surface area contributed by atoms with Gasteiger partial charge in [-0.25, -0.2) is 9.18 Å². The van der Waals surface area contributed by atoms with Crippen LogP contribution >= 0.6 is 0 Å². The molecule has 270 valence electrons. The quantitative estimate of drug-likeness (QED) is 0.216. The minimum atomic E-state index is -1.05. The van der Waals surface area contributed by atoms with Gasteiger partial charge in [0.15, 0.2) is 0 Å². The van der Waals surface area contributed by atoms with Gasteiger partial charge >= 0.3 is 13.2 Å². The largest absolute Gasteiger partial charge is 0.494 e. The van der Waals surface area contributed by atoms with Gasteiger partial charge in [0.25, 0.3) is 0 Å². The molecule has 2 aromatic carbocycles. The standard InChI is InChI=1S/C38H51BFN3O7/c1-36(2,3)48-35(47)41-21-26(18-25-13-15-29(16-14-25)39-49-37(4,5)38(6,7)50-39)19-33(46)42-17-9-11-28(22-42)32-20-27-10-8-12-31(40)34(27)43(32)23-30(45)24-44/h8,10,12-16,20-21,26,28,30,44-45H,9,11,17-19,22-24H2,1-7H3/b41-21+/t26?,28?,30-/m1/s1. The number of ether oxygens (including phenoxy) is 1. The second-order valence-electron chi connectivity index (χ2n) is 15.6. The molecule has 0 radical (unpaired) electrons. The molecule has 2 amide bonds. The van der Waals surface area contributed by atoms with E-state index in [1.165, 1.54) is 12.3 Å². The maximum absolute atomic E-state index is 15.0. The van der Waals surface area contributed by atoms with Crippen molar-refractivity contribution in [3.8, 4) is 0 Å². The van der Waals surface area contributed by atoms with E-state index in [9.17, 15) is 19.8 Å². The number of fused-ring (bicyclic) bond motifs is 1. The lowest BCUT2D eigenvalue weighted by atomic mass is 9.78.